The van der Waals surface area contributed by atoms with Crippen LogP contribution in [0.3, 0.4) is 0 Å². The summed E-state index contributed by atoms with van der Waals surface area (Å²) in [5.41, 5.74) is 1.88. The number of hydrogen-bond acceptors (Lipinski definition) is 2. The molecule has 116 valence electrons. The minimum atomic E-state index is 0.411. The molecule has 1 aromatic rings. The van der Waals surface area contributed by atoms with Gasteiger partial charge in [0.15, 0.2) is 0 Å². The summed E-state index contributed by atoms with van der Waals surface area (Å²) < 4.78 is 1.33. The van der Waals surface area contributed by atoms with Crippen LogP contribution in [0.2, 0.25) is 0 Å². The molecule has 0 bridgehead atoms. The van der Waals surface area contributed by atoms with Crippen LogP contribution in [0.15, 0.2) is 24.3 Å². The molecule has 2 fully saturated rings. The fraction of sp³-hybridized carbons (Fsp3) is 0.667. The van der Waals surface area contributed by atoms with Gasteiger partial charge >= 0.3 is 0 Å². The van der Waals surface area contributed by atoms with E-state index in [-0.39, 0.29) is 0 Å². The van der Waals surface area contributed by atoms with E-state index in [1.807, 2.05) is 0 Å². The highest BCUT2D eigenvalue weighted by Gasteiger charge is 2.45. The van der Waals surface area contributed by atoms with Crippen LogP contribution in [0, 0.1) is 3.57 Å². The average Bonchev–Trinajstić information content (AvgIpc) is 3.18. The van der Waals surface area contributed by atoms with Crippen LogP contribution in [0.1, 0.15) is 44.1 Å². The lowest BCUT2D eigenvalue weighted by Crippen LogP contribution is -2.59. The van der Waals surface area contributed by atoms with Crippen LogP contribution in [-0.2, 0) is 6.42 Å². The summed E-state index contributed by atoms with van der Waals surface area (Å²) in [6, 6.07) is 9.66. The van der Waals surface area contributed by atoms with E-state index in [1.165, 1.54) is 60.7 Å². The molecule has 1 N–H and O–H groups in total. The Morgan fingerprint density at radius 3 is 2.29 bits per heavy atom. The van der Waals surface area contributed by atoms with Crippen molar-refractivity contribution in [2.45, 2.75) is 56.5 Å². The van der Waals surface area contributed by atoms with Gasteiger partial charge in [0.1, 0.15) is 0 Å². The zero-order valence-electron chi connectivity index (χ0n) is 13.1. The second-order valence-electron chi connectivity index (χ2n) is 6.68. The second-order valence-corrected chi connectivity index (χ2v) is 7.92. The van der Waals surface area contributed by atoms with Crippen molar-refractivity contribution in [3.05, 3.63) is 33.4 Å². The molecule has 3 heteroatoms. The number of rotatable bonds is 5. The molecule has 1 aliphatic heterocycles. The number of halogens is 1. The molecule has 1 unspecified atom stereocenters. The summed E-state index contributed by atoms with van der Waals surface area (Å²) in [7, 11) is 2.16. The monoisotopic (exact) mass is 398 g/mol. The first-order valence-corrected chi connectivity index (χ1v) is 9.49. The highest BCUT2D eigenvalue weighted by molar-refractivity contribution is 14.1. The van der Waals surface area contributed by atoms with Gasteiger partial charge in [-0.2, -0.15) is 0 Å². The molecule has 3 rings (SSSR count). The number of nitrogens with zero attached hydrogens (tertiary/aromatic N) is 1. The first-order chi connectivity index (χ1) is 10.2. The third kappa shape index (κ3) is 3.30. The van der Waals surface area contributed by atoms with E-state index in [2.05, 4.69) is 64.1 Å². The van der Waals surface area contributed by atoms with Gasteiger partial charge in [-0.25, -0.2) is 0 Å². The molecular weight excluding hydrogens is 371 g/mol. The summed E-state index contributed by atoms with van der Waals surface area (Å²) in [4.78, 5) is 2.81. The zero-order valence-corrected chi connectivity index (χ0v) is 15.2. The van der Waals surface area contributed by atoms with Gasteiger partial charge in [0, 0.05) is 15.2 Å². The van der Waals surface area contributed by atoms with E-state index in [0.717, 1.165) is 6.42 Å². The SMILES string of the molecule is CNC(Cc1ccc(I)cc1)C1(N2CCCC2)CCCC1. The fourth-order valence-corrected chi connectivity index (χ4v) is 4.81. The predicted molar refractivity (Wildman–Crippen MR) is 97.7 cm³/mol. The molecule has 0 amide bonds. The molecule has 2 aliphatic rings. The molecule has 2 nitrogen and oxygen atoms in total. The molecule has 1 saturated heterocycles. The zero-order chi connectivity index (χ0) is 14.7. The second kappa shape index (κ2) is 6.97. The van der Waals surface area contributed by atoms with E-state index in [1.54, 1.807) is 0 Å². The third-order valence-electron chi connectivity index (χ3n) is 5.56. The summed E-state index contributed by atoms with van der Waals surface area (Å²) in [5.74, 6) is 0. The van der Waals surface area contributed by atoms with Crippen molar-refractivity contribution in [1.82, 2.24) is 10.2 Å². The third-order valence-corrected chi connectivity index (χ3v) is 6.27. The Labute approximate surface area is 142 Å². The number of likely N-dealkylation sites (tertiary alicyclic amines) is 1. The highest BCUT2D eigenvalue weighted by Crippen LogP contribution is 2.40. The minimum Gasteiger partial charge on any atom is -0.315 e. The van der Waals surface area contributed by atoms with Crippen molar-refractivity contribution in [2.75, 3.05) is 20.1 Å². The van der Waals surface area contributed by atoms with Gasteiger partial charge in [0.2, 0.25) is 0 Å². The van der Waals surface area contributed by atoms with E-state index in [9.17, 15) is 0 Å². The summed E-state index contributed by atoms with van der Waals surface area (Å²) >= 11 is 2.39. The predicted octanol–water partition coefficient (Wildman–Crippen LogP) is 3.83. The van der Waals surface area contributed by atoms with Crippen molar-refractivity contribution in [3.8, 4) is 0 Å². The molecular formula is C18H27IN2. The molecule has 1 aromatic carbocycles. The maximum atomic E-state index is 3.68. The lowest BCUT2D eigenvalue weighted by atomic mass is 9.82. The maximum Gasteiger partial charge on any atom is 0.0365 e. The maximum absolute atomic E-state index is 3.68. The van der Waals surface area contributed by atoms with E-state index < -0.39 is 0 Å². The number of nitrogens with one attached hydrogen (secondary N) is 1. The van der Waals surface area contributed by atoms with Gasteiger partial charge in [0.05, 0.1) is 0 Å². The Bertz CT molecular complexity index is 445. The van der Waals surface area contributed by atoms with E-state index in [0.29, 0.717) is 11.6 Å². The number of likely N-dealkylation sites (N-methyl/N-ethyl adjacent to an activating group) is 1. The topological polar surface area (TPSA) is 15.3 Å². The van der Waals surface area contributed by atoms with E-state index in [4.69, 9.17) is 0 Å². The quantitative estimate of drug-likeness (QED) is 0.759. The molecule has 0 aromatic heterocycles. The lowest BCUT2D eigenvalue weighted by Gasteiger charge is -2.45. The van der Waals surface area contributed by atoms with Crippen molar-refractivity contribution >= 4 is 22.6 Å². The molecule has 1 saturated carbocycles. The van der Waals surface area contributed by atoms with Crippen molar-refractivity contribution in [2.24, 2.45) is 0 Å². The normalized spacial score (nSPS) is 23.5. The molecule has 21 heavy (non-hydrogen) atoms. The largest absolute Gasteiger partial charge is 0.315 e. The Morgan fingerprint density at radius 2 is 1.71 bits per heavy atom. The lowest BCUT2D eigenvalue weighted by molar-refractivity contribution is 0.0798. The Hall–Kier alpha value is -0.130. The van der Waals surface area contributed by atoms with Crippen LogP contribution in [0.5, 0.6) is 0 Å². The van der Waals surface area contributed by atoms with Gasteiger partial charge < -0.3 is 5.32 Å². The Morgan fingerprint density at radius 1 is 1.10 bits per heavy atom. The molecule has 0 radical (unpaired) electrons. The van der Waals surface area contributed by atoms with Crippen molar-refractivity contribution in [3.63, 3.8) is 0 Å². The van der Waals surface area contributed by atoms with Gasteiger partial charge in [-0.15, -0.1) is 0 Å². The standard InChI is InChI=1S/C18H27IN2/c1-20-17(14-15-6-8-16(19)9-7-15)18(10-2-3-11-18)21-12-4-5-13-21/h6-9,17,20H,2-5,10-14H2,1H3. The summed E-state index contributed by atoms with van der Waals surface area (Å²) in [6.45, 7) is 2.62. The molecule has 0 spiro atoms. The minimum absolute atomic E-state index is 0.411. The molecule has 1 heterocycles. The first-order valence-electron chi connectivity index (χ1n) is 8.41. The van der Waals surface area contributed by atoms with Crippen LogP contribution in [-0.4, -0.2) is 36.6 Å². The smallest absolute Gasteiger partial charge is 0.0365 e. The van der Waals surface area contributed by atoms with Crippen molar-refractivity contribution < 1.29 is 0 Å². The van der Waals surface area contributed by atoms with E-state index >= 15 is 0 Å². The van der Waals surface area contributed by atoms with Crippen LogP contribution in [0.25, 0.3) is 0 Å². The van der Waals surface area contributed by atoms with Crippen molar-refractivity contribution in [1.29, 1.82) is 0 Å². The van der Waals surface area contributed by atoms with Gasteiger partial charge in [-0.3, -0.25) is 4.90 Å². The summed E-state index contributed by atoms with van der Waals surface area (Å²) in [6.07, 6.45) is 9.50. The molecule has 1 atom stereocenters. The van der Waals surface area contributed by atoms with Gasteiger partial charge in [0.25, 0.3) is 0 Å². The number of benzene rings is 1. The van der Waals surface area contributed by atoms with Crippen LogP contribution >= 0.6 is 22.6 Å². The summed E-state index contributed by atoms with van der Waals surface area (Å²) in [5, 5.41) is 3.68. The Kier molecular flexibility index (Phi) is 5.23. The Balaban J connectivity index is 1.80. The van der Waals surface area contributed by atoms with Crippen LogP contribution < -0.4 is 5.32 Å². The molecule has 1 aliphatic carbocycles. The first kappa shape index (κ1) is 15.8. The number of hydrogen-bond donors (Lipinski definition) is 1. The van der Waals surface area contributed by atoms with Gasteiger partial charge in [-0.05, 0) is 92.5 Å². The average molecular weight is 398 g/mol. The van der Waals surface area contributed by atoms with Gasteiger partial charge in [-0.1, -0.05) is 25.0 Å². The fourth-order valence-electron chi connectivity index (χ4n) is 4.45. The van der Waals surface area contributed by atoms with Crippen LogP contribution in [0.4, 0.5) is 0 Å². The highest BCUT2D eigenvalue weighted by atomic mass is 127.